The highest BCUT2D eigenvalue weighted by atomic mass is 16.3. The van der Waals surface area contributed by atoms with Gasteiger partial charge in [0.25, 0.3) is 0 Å². The van der Waals surface area contributed by atoms with E-state index in [9.17, 15) is 4.79 Å². The number of likely N-dealkylation sites (N-methyl/N-ethyl adjacent to an activating group) is 1. The van der Waals surface area contributed by atoms with Crippen LogP contribution in [0.4, 0.5) is 0 Å². The van der Waals surface area contributed by atoms with Gasteiger partial charge in [0.1, 0.15) is 5.76 Å². The van der Waals surface area contributed by atoms with E-state index in [1.807, 2.05) is 50.2 Å². The summed E-state index contributed by atoms with van der Waals surface area (Å²) in [5.41, 5.74) is 1.84. The Labute approximate surface area is 113 Å². The molecule has 0 amide bonds. The summed E-state index contributed by atoms with van der Waals surface area (Å²) in [5.74, 6) is 1.05. The molecule has 0 N–H and O–H groups in total. The number of aryl methyl sites for hydroxylation is 1. The number of benzene rings is 1. The third kappa shape index (κ3) is 3.55. The van der Waals surface area contributed by atoms with Gasteiger partial charge in [-0.3, -0.25) is 9.69 Å². The van der Waals surface area contributed by atoms with E-state index < -0.39 is 0 Å². The lowest BCUT2D eigenvalue weighted by Crippen LogP contribution is -2.29. The van der Waals surface area contributed by atoms with Crippen LogP contribution in [0.3, 0.4) is 0 Å². The molecule has 100 valence electrons. The Morgan fingerprint density at radius 2 is 2.00 bits per heavy atom. The van der Waals surface area contributed by atoms with Crippen molar-refractivity contribution in [3.05, 3.63) is 59.5 Å². The van der Waals surface area contributed by atoms with Gasteiger partial charge in [-0.15, -0.1) is 0 Å². The van der Waals surface area contributed by atoms with Crippen LogP contribution < -0.4 is 0 Å². The van der Waals surface area contributed by atoms with Crippen LogP contribution in [0.5, 0.6) is 0 Å². The van der Waals surface area contributed by atoms with Crippen molar-refractivity contribution in [2.45, 2.75) is 20.4 Å². The Balaban J connectivity index is 2.02. The van der Waals surface area contributed by atoms with Crippen LogP contribution in [0.25, 0.3) is 0 Å². The highest BCUT2D eigenvalue weighted by Crippen LogP contribution is 2.11. The summed E-state index contributed by atoms with van der Waals surface area (Å²) in [7, 11) is 0. The zero-order chi connectivity index (χ0) is 13.7. The minimum Gasteiger partial charge on any atom is -0.468 e. The molecule has 1 aromatic heterocycles. The van der Waals surface area contributed by atoms with E-state index in [1.54, 1.807) is 6.26 Å². The smallest absolute Gasteiger partial charge is 0.177 e. The summed E-state index contributed by atoms with van der Waals surface area (Å²) in [5, 5.41) is 0. The van der Waals surface area contributed by atoms with Crippen molar-refractivity contribution in [3.8, 4) is 0 Å². The molecule has 1 heterocycles. The van der Waals surface area contributed by atoms with Gasteiger partial charge in [0.05, 0.1) is 19.4 Å². The SMILES string of the molecule is CCN(CC(=O)c1ccccc1C)Cc1ccco1. The molecule has 2 rings (SSSR count). The molecular weight excluding hydrogens is 238 g/mol. The topological polar surface area (TPSA) is 33.5 Å². The van der Waals surface area contributed by atoms with Crippen molar-refractivity contribution in [2.75, 3.05) is 13.1 Å². The van der Waals surface area contributed by atoms with E-state index in [-0.39, 0.29) is 5.78 Å². The number of carbonyl (C=O) groups is 1. The Bertz CT molecular complexity index is 531. The molecule has 0 bridgehead atoms. The second kappa shape index (κ2) is 6.34. The Morgan fingerprint density at radius 3 is 2.63 bits per heavy atom. The molecule has 1 aromatic carbocycles. The number of hydrogen-bond acceptors (Lipinski definition) is 3. The van der Waals surface area contributed by atoms with Crippen molar-refractivity contribution in [1.29, 1.82) is 0 Å². The maximum absolute atomic E-state index is 12.3. The minimum atomic E-state index is 0.159. The molecule has 2 aromatic rings. The number of ketones is 1. The molecule has 0 aliphatic heterocycles. The van der Waals surface area contributed by atoms with E-state index in [1.165, 1.54) is 0 Å². The van der Waals surface area contributed by atoms with Crippen LogP contribution in [0.1, 0.15) is 28.6 Å². The monoisotopic (exact) mass is 257 g/mol. The fourth-order valence-corrected chi connectivity index (χ4v) is 2.08. The number of hydrogen-bond donors (Lipinski definition) is 0. The molecule has 19 heavy (non-hydrogen) atoms. The summed E-state index contributed by atoms with van der Waals surface area (Å²) in [6.45, 7) is 5.92. The van der Waals surface area contributed by atoms with Gasteiger partial charge in [0.2, 0.25) is 0 Å². The standard InChI is InChI=1S/C16H19NO2/c1-3-17(11-14-8-6-10-19-14)12-16(18)15-9-5-4-7-13(15)2/h4-10H,3,11-12H2,1-2H3. The Morgan fingerprint density at radius 1 is 1.21 bits per heavy atom. The molecule has 0 saturated carbocycles. The third-order valence-electron chi connectivity index (χ3n) is 3.22. The molecule has 0 fully saturated rings. The van der Waals surface area contributed by atoms with E-state index >= 15 is 0 Å². The van der Waals surface area contributed by atoms with Crippen molar-refractivity contribution in [1.82, 2.24) is 4.90 Å². The van der Waals surface area contributed by atoms with Gasteiger partial charge >= 0.3 is 0 Å². The quantitative estimate of drug-likeness (QED) is 0.744. The number of rotatable bonds is 6. The van der Waals surface area contributed by atoms with Crippen LogP contribution in [0.15, 0.2) is 47.1 Å². The zero-order valence-corrected chi connectivity index (χ0v) is 11.4. The predicted octanol–water partition coefficient (Wildman–Crippen LogP) is 3.29. The molecule has 0 atom stereocenters. The van der Waals surface area contributed by atoms with Crippen LogP contribution in [0, 0.1) is 6.92 Å². The number of Topliss-reactive ketones (excluding diaryl/α,β-unsaturated/α-hetero) is 1. The van der Waals surface area contributed by atoms with Gasteiger partial charge in [-0.25, -0.2) is 0 Å². The third-order valence-corrected chi connectivity index (χ3v) is 3.22. The lowest BCUT2D eigenvalue weighted by Gasteiger charge is -2.18. The summed E-state index contributed by atoms with van der Waals surface area (Å²) in [6.07, 6.45) is 1.66. The second-order valence-electron chi connectivity index (χ2n) is 4.62. The predicted molar refractivity (Wildman–Crippen MR) is 75.2 cm³/mol. The Kier molecular flexibility index (Phi) is 4.53. The van der Waals surface area contributed by atoms with Gasteiger partial charge in [0, 0.05) is 5.56 Å². The minimum absolute atomic E-state index is 0.159. The molecule has 3 nitrogen and oxygen atoms in total. The molecule has 0 spiro atoms. The van der Waals surface area contributed by atoms with Crippen molar-refractivity contribution >= 4 is 5.78 Å². The first-order valence-corrected chi connectivity index (χ1v) is 6.54. The van der Waals surface area contributed by atoms with Crippen LogP contribution in [0.2, 0.25) is 0 Å². The van der Waals surface area contributed by atoms with Crippen LogP contribution in [-0.4, -0.2) is 23.8 Å². The highest BCUT2D eigenvalue weighted by molar-refractivity contribution is 5.98. The van der Waals surface area contributed by atoms with Crippen LogP contribution in [-0.2, 0) is 6.54 Å². The molecule has 0 unspecified atom stereocenters. The first-order chi connectivity index (χ1) is 9.20. The van der Waals surface area contributed by atoms with Crippen molar-refractivity contribution in [3.63, 3.8) is 0 Å². The molecule has 0 aliphatic carbocycles. The van der Waals surface area contributed by atoms with Crippen LogP contribution >= 0.6 is 0 Å². The summed E-state index contributed by atoms with van der Waals surface area (Å²) >= 11 is 0. The second-order valence-corrected chi connectivity index (χ2v) is 4.62. The summed E-state index contributed by atoms with van der Waals surface area (Å²) in [6, 6.07) is 11.5. The maximum atomic E-state index is 12.3. The lowest BCUT2D eigenvalue weighted by atomic mass is 10.0. The Hall–Kier alpha value is -1.87. The molecule has 0 aliphatic rings. The number of nitrogens with zero attached hydrogens (tertiary/aromatic N) is 1. The van der Waals surface area contributed by atoms with Crippen molar-refractivity contribution in [2.24, 2.45) is 0 Å². The fraction of sp³-hybridized carbons (Fsp3) is 0.312. The first kappa shape index (κ1) is 13.6. The summed E-state index contributed by atoms with van der Waals surface area (Å²) < 4.78 is 5.32. The van der Waals surface area contributed by atoms with Crippen molar-refractivity contribution < 1.29 is 9.21 Å². The average Bonchev–Trinajstić information content (AvgIpc) is 2.91. The van der Waals surface area contributed by atoms with Gasteiger partial charge in [-0.05, 0) is 31.2 Å². The van der Waals surface area contributed by atoms with E-state index in [0.29, 0.717) is 13.1 Å². The normalized spacial score (nSPS) is 10.9. The molecule has 0 radical (unpaired) electrons. The van der Waals surface area contributed by atoms with E-state index in [2.05, 4.69) is 4.90 Å². The van der Waals surface area contributed by atoms with Gasteiger partial charge in [-0.2, -0.15) is 0 Å². The molecule has 3 heteroatoms. The van der Waals surface area contributed by atoms with E-state index in [0.717, 1.165) is 23.4 Å². The fourth-order valence-electron chi connectivity index (χ4n) is 2.08. The maximum Gasteiger partial charge on any atom is 0.177 e. The highest BCUT2D eigenvalue weighted by Gasteiger charge is 2.14. The zero-order valence-electron chi connectivity index (χ0n) is 11.4. The van der Waals surface area contributed by atoms with Gasteiger partial charge < -0.3 is 4.42 Å². The number of carbonyl (C=O) groups excluding carboxylic acids is 1. The average molecular weight is 257 g/mol. The first-order valence-electron chi connectivity index (χ1n) is 6.54. The molecular formula is C16H19NO2. The van der Waals surface area contributed by atoms with E-state index in [4.69, 9.17) is 4.42 Å². The largest absolute Gasteiger partial charge is 0.468 e. The summed E-state index contributed by atoms with van der Waals surface area (Å²) in [4.78, 5) is 14.4. The van der Waals surface area contributed by atoms with Gasteiger partial charge in [0.15, 0.2) is 5.78 Å². The lowest BCUT2D eigenvalue weighted by molar-refractivity contribution is 0.0924. The number of furan rings is 1. The van der Waals surface area contributed by atoms with Gasteiger partial charge in [-0.1, -0.05) is 31.2 Å². The molecule has 0 saturated heterocycles.